The van der Waals surface area contributed by atoms with E-state index < -0.39 is 5.34 Å². The van der Waals surface area contributed by atoms with E-state index in [1.165, 1.54) is 0 Å². The van der Waals surface area contributed by atoms with Crippen molar-refractivity contribution in [2.45, 2.75) is 18.4 Å². The van der Waals surface area contributed by atoms with E-state index in [0.717, 1.165) is 0 Å². The average molecular weight is 331 g/mol. The predicted octanol–water partition coefficient (Wildman–Crippen LogP) is 1.60. The number of aromatic nitrogens is 3. The minimum Gasteiger partial charge on any atom is -0.493 e. The van der Waals surface area contributed by atoms with Gasteiger partial charge in [0.15, 0.2) is 17.1 Å². The third kappa shape index (κ3) is 2.52. The first-order chi connectivity index (χ1) is 12.0. The Labute approximate surface area is 147 Å². The molecule has 0 bridgehead atoms. The molecule has 3 heterocycles. The van der Waals surface area contributed by atoms with Crippen molar-refractivity contribution in [3.05, 3.63) is 42.4 Å². The molecular formula is C17H15B2N3O3. The van der Waals surface area contributed by atoms with Crippen molar-refractivity contribution in [1.29, 1.82) is 0 Å². The van der Waals surface area contributed by atoms with Crippen LogP contribution in [0.3, 0.4) is 0 Å². The molecule has 1 aromatic carbocycles. The fourth-order valence-electron chi connectivity index (χ4n) is 2.90. The second kappa shape index (κ2) is 5.72. The SMILES string of the molecule is [B]C([B])(c1cc(OC)c2c(c1)OC(C)CO2)n1cnc2cccnc21. The number of nitrogens with zero attached hydrogens (tertiary/aromatic N) is 3. The normalized spacial score (nSPS) is 16.8. The van der Waals surface area contributed by atoms with E-state index in [1.807, 2.05) is 19.1 Å². The summed E-state index contributed by atoms with van der Waals surface area (Å²) in [6.07, 6.45) is 3.17. The van der Waals surface area contributed by atoms with E-state index in [4.69, 9.17) is 29.9 Å². The van der Waals surface area contributed by atoms with Crippen molar-refractivity contribution in [1.82, 2.24) is 14.5 Å². The number of methoxy groups -OCH3 is 1. The van der Waals surface area contributed by atoms with Crippen LogP contribution in [0.15, 0.2) is 36.8 Å². The van der Waals surface area contributed by atoms with Gasteiger partial charge in [0.2, 0.25) is 5.75 Å². The first kappa shape index (κ1) is 15.9. The summed E-state index contributed by atoms with van der Waals surface area (Å²) in [5.74, 6) is 1.61. The average Bonchev–Trinajstić information content (AvgIpc) is 3.05. The third-order valence-corrected chi connectivity index (χ3v) is 4.20. The lowest BCUT2D eigenvalue weighted by Crippen LogP contribution is -2.36. The van der Waals surface area contributed by atoms with E-state index in [-0.39, 0.29) is 6.10 Å². The fourth-order valence-corrected chi connectivity index (χ4v) is 2.90. The number of ether oxygens (including phenoxy) is 3. The maximum Gasteiger partial charge on any atom is 0.203 e. The highest BCUT2D eigenvalue weighted by atomic mass is 16.6. The van der Waals surface area contributed by atoms with Crippen LogP contribution in [0.4, 0.5) is 0 Å². The number of hydrogen-bond donors (Lipinski definition) is 0. The highest BCUT2D eigenvalue weighted by Crippen LogP contribution is 2.43. The standard InChI is InChI=1S/C17H15B2N3O3/c1-10-8-24-15-13(23-2)6-11(7-14(15)25-10)17(18,19)22-9-21-12-4-3-5-20-16(12)22/h3-7,9-10H,8H2,1-2H3. The summed E-state index contributed by atoms with van der Waals surface area (Å²) in [4.78, 5) is 8.63. The predicted molar refractivity (Wildman–Crippen MR) is 94.7 cm³/mol. The van der Waals surface area contributed by atoms with Gasteiger partial charge < -0.3 is 18.8 Å². The topological polar surface area (TPSA) is 58.4 Å². The lowest BCUT2D eigenvalue weighted by atomic mass is 9.57. The third-order valence-electron chi connectivity index (χ3n) is 4.20. The second-order valence-electron chi connectivity index (χ2n) is 6.03. The van der Waals surface area contributed by atoms with Crippen molar-refractivity contribution in [2.24, 2.45) is 0 Å². The number of fused-ring (bicyclic) bond motifs is 2. The summed E-state index contributed by atoms with van der Waals surface area (Å²) in [5.41, 5.74) is 1.89. The monoisotopic (exact) mass is 331 g/mol. The van der Waals surface area contributed by atoms with Gasteiger partial charge in [-0.25, -0.2) is 9.97 Å². The molecule has 2 aromatic heterocycles. The Morgan fingerprint density at radius 3 is 2.96 bits per heavy atom. The number of rotatable bonds is 3. The van der Waals surface area contributed by atoms with E-state index in [1.54, 1.807) is 36.3 Å². The van der Waals surface area contributed by atoms with Crippen LogP contribution in [-0.2, 0) is 5.34 Å². The zero-order chi connectivity index (χ0) is 17.6. The lowest BCUT2D eigenvalue weighted by molar-refractivity contribution is 0.100. The van der Waals surface area contributed by atoms with E-state index in [0.29, 0.717) is 40.6 Å². The number of pyridine rings is 1. The summed E-state index contributed by atoms with van der Waals surface area (Å²) in [5, 5.41) is -1.39. The van der Waals surface area contributed by atoms with Crippen molar-refractivity contribution < 1.29 is 14.2 Å². The summed E-state index contributed by atoms with van der Waals surface area (Å²) >= 11 is 0. The molecule has 122 valence electrons. The molecule has 1 unspecified atom stereocenters. The molecule has 1 aliphatic rings. The van der Waals surface area contributed by atoms with Gasteiger partial charge in [-0.15, -0.1) is 0 Å². The zero-order valence-corrected chi connectivity index (χ0v) is 14.0. The summed E-state index contributed by atoms with van der Waals surface area (Å²) in [7, 11) is 14.5. The maximum absolute atomic E-state index is 6.47. The van der Waals surface area contributed by atoms with Crippen molar-refractivity contribution in [3.63, 3.8) is 0 Å². The highest BCUT2D eigenvalue weighted by Gasteiger charge is 2.29. The van der Waals surface area contributed by atoms with Crippen LogP contribution in [0.1, 0.15) is 12.5 Å². The number of hydrogen-bond acceptors (Lipinski definition) is 5. The van der Waals surface area contributed by atoms with Gasteiger partial charge in [-0.1, -0.05) is 0 Å². The molecule has 3 aromatic rings. The molecule has 0 spiro atoms. The van der Waals surface area contributed by atoms with Crippen LogP contribution in [0.5, 0.6) is 17.2 Å². The van der Waals surface area contributed by atoms with Crippen molar-refractivity contribution in [2.75, 3.05) is 13.7 Å². The molecule has 1 atom stereocenters. The van der Waals surface area contributed by atoms with Crippen LogP contribution in [0.2, 0.25) is 0 Å². The first-order valence-electron chi connectivity index (χ1n) is 7.89. The lowest BCUT2D eigenvalue weighted by Gasteiger charge is -2.32. The molecule has 6 nitrogen and oxygen atoms in total. The van der Waals surface area contributed by atoms with Gasteiger partial charge in [0, 0.05) is 6.20 Å². The minimum absolute atomic E-state index is 0.0758. The molecule has 0 amide bonds. The van der Waals surface area contributed by atoms with E-state index in [2.05, 4.69) is 9.97 Å². The van der Waals surface area contributed by atoms with Crippen LogP contribution in [0, 0.1) is 0 Å². The molecule has 0 saturated heterocycles. The molecule has 0 aliphatic carbocycles. The van der Waals surface area contributed by atoms with Gasteiger partial charge in [-0.05, 0) is 42.1 Å². The van der Waals surface area contributed by atoms with Gasteiger partial charge in [-0.2, -0.15) is 0 Å². The fraction of sp³-hybridized carbons (Fsp3) is 0.294. The van der Waals surface area contributed by atoms with Crippen molar-refractivity contribution in [3.8, 4) is 17.2 Å². The minimum atomic E-state index is -1.39. The molecule has 1 aliphatic heterocycles. The molecule has 0 saturated carbocycles. The summed E-state index contributed by atoms with van der Waals surface area (Å²) < 4.78 is 18.6. The Bertz CT molecular complexity index is 942. The number of imidazole rings is 1. The number of benzene rings is 1. The molecule has 0 fully saturated rings. The Morgan fingerprint density at radius 2 is 2.16 bits per heavy atom. The summed E-state index contributed by atoms with van der Waals surface area (Å²) in [6, 6.07) is 7.17. The maximum atomic E-state index is 6.47. The van der Waals surface area contributed by atoms with Crippen LogP contribution in [-0.4, -0.2) is 50.0 Å². The van der Waals surface area contributed by atoms with Crippen LogP contribution >= 0.6 is 0 Å². The molecule has 4 rings (SSSR count). The largest absolute Gasteiger partial charge is 0.493 e. The Morgan fingerprint density at radius 1 is 1.32 bits per heavy atom. The van der Waals surface area contributed by atoms with Gasteiger partial charge in [-0.3, -0.25) is 0 Å². The van der Waals surface area contributed by atoms with Gasteiger partial charge in [0.1, 0.15) is 18.2 Å². The Hall–Kier alpha value is -2.63. The van der Waals surface area contributed by atoms with Crippen molar-refractivity contribution >= 4 is 26.9 Å². The molecule has 8 heteroatoms. The highest BCUT2D eigenvalue weighted by molar-refractivity contribution is 6.40. The smallest absolute Gasteiger partial charge is 0.203 e. The van der Waals surface area contributed by atoms with E-state index >= 15 is 0 Å². The molecular weight excluding hydrogens is 316 g/mol. The second-order valence-corrected chi connectivity index (χ2v) is 6.03. The first-order valence-corrected chi connectivity index (χ1v) is 7.89. The zero-order valence-electron chi connectivity index (χ0n) is 14.0. The van der Waals surface area contributed by atoms with Gasteiger partial charge in [0.05, 0.1) is 29.1 Å². The van der Waals surface area contributed by atoms with Gasteiger partial charge in [0.25, 0.3) is 0 Å². The van der Waals surface area contributed by atoms with Crippen LogP contribution < -0.4 is 14.2 Å². The summed E-state index contributed by atoms with van der Waals surface area (Å²) in [6.45, 7) is 2.38. The molecule has 0 N–H and O–H groups in total. The molecule has 25 heavy (non-hydrogen) atoms. The Balaban J connectivity index is 1.86. The van der Waals surface area contributed by atoms with Crippen LogP contribution in [0.25, 0.3) is 11.2 Å². The van der Waals surface area contributed by atoms with E-state index in [9.17, 15) is 0 Å². The Kier molecular flexibility index (Phi) is 3.63. The molecule has 4 radical (unpaired) electrons. The quantitative estimate of drug-likeness (QED) is 0.683. The van der Waals surface area contributed by atoms with Gasteiger partial charge >= 0.3 is 0 Å².